The predicted molar refractivity (Wildman–Crippen MR) is 87.9 cm³/mol. The van der Waals surface area contributed by atoms with Gasteiger partial charge in [0.1, 0.15) is 15.9 Å². The molecular formula is C14H23BrN4O4. The van der Waals surface area contributed by atoms with Gasteiger partial charge in [-0.3, -0.25) is 14.3 Å². The molecule has 0 saturated heterocycles. The van der Waals surface area contributed by atoms with Crippen LogP contribution in [0.25, 0.3) is 0 Å². The van der Waals surface area contributed by atoms with Gasteiger partial charge in [-0.2, -0.15) is 5.10 Å². The highest BCUT2D eigenvalue weighted by Crippen LogP contribution is 2.14. The second kappa shape index (κ2) is 7.78. The van der Waals surface area contributed by atoms with Crippen molar-refractivity contribution in [3.63, 3.8) is 0 Å². The van der Waals surface area contributed by atoms with E-state index in [9.17, 15) is 9.59 Å². The van der Waals surface area contributed by atoms with Crippen molar-refractivity contribution < 1.29 is 19.2 Å². The van der Waals surface area contributed by atoms with E-state index in [1.807, 2.05) is 0 Å². The number of hydrogen-bond donors (Lipinski definition) is 1. The Balaban J connectivity index is 2.77. The first-order valence-corrected chi connectivity index (χ1v) is 7.88. The molecule has 0 aliphatic rings. The molecule has 0 aromatic carbocycles. The third-order valence-electron chi connectivity index (χ3n) is 2.74. The minimum atomic E-state index is -0.569. The number of hydroxylamine groups is 2. The smallest absolute Gasteiger partial charge is 0.407 e. The van der Waals surface area contributed by atoms with Gasteiger partial charge in [0.25, 0.3) is 5.91 Å². The highest BCUT2D eigenvalue weighted by atomic mass is 79.9. The number of aromatic nitrogens is 2. The second-order valence-electron chi connectivity index (χ2n) is 6.07. The summed E-state index contributed by atoms with van der Waals surface area (Å²) in [6.07, 6.45) is -0.516. The van der Waals surface area contributed by atoms with Gasteiger partial charge >= 0.3 is 6.09 Å². The highest BCUT2D eigenvalue weighted by molar-refractivity contribution is 9.10. The van der Waals surface area contributed by atoms with Crippen molar-refractivity contribution in [3.05, 3.63) is 16.4 Å². The van der Waals surface area contributed by atoms with Gasteiger partial charge in [-0.25, -0.2) is 9.86 Å². The topological polar surface area (TPSA) is 85.7 Å². The lowest BCUT2D eigenvalue weighted by atomic mass is 10.2. The number of ether oxygens (including phenoxy) is 1. The third-order valence-corrected chi connectivity index (χ3v) is 3.13. The summed E-state index contributed by atoms with van der Waals surface area (Å²) in [5.41, 5.74) is -0.222. The average Bonchev–Trinajstić information content (AvgIpc) is 2.74. The van der Waals surface area contributed by atoms with Crippen LogP contribution in [0.4, 0.5) is 4.79 Å². The molecule has 0 fully saturated rings. The molecule has 0 bridgehead atoms. The van der Waals surface area contributed by atoms with E-state index in [4.69, 9.17) is 9.57 Å². The molecule has 0 aliphatic carbocycles. The fourth-order valence-electron chi connectivity index (χ4n) is 1.75. The molecule has 9 heteroatoms. The molecule has 0 radical (unpaired) electrons. The highest BCUT2D eigenvalue weighted by Gasteiger charge is 2.22. The van der Waals surface area contributed by atoms with E-state index in [1.54, 1.807) is 33.8 Å². The van der Waals surface area contributed by atoms with E-state index >= 15 is 0 Å². The lowest BCUT2D eigenvalue weighted by Gasteiger charge is -2.22. The number of rotatable bonds is 5. The molecule has 0 aliphatic heterocycles. The number of amides is 2. The lowest BCUT2D eigenvalue weighted by molar-refractivity contribution is -0.0764. The maximum Gasteiger partial charge on any atom is 0.407 e. The second-order valence-corrected chi connectivity index (χ2v) is 6.88. The minimum Gasteiger partial charge on any atom is -0.444 e. The van der Waals surface area contributed by atoms with E-state index in [1.165, 1.54) is 18.8 Å². The monoisotopic (exact) mass is 390 g/mol. The summed E-state index contributed by atoms with van der Waals surface area (Å²) < 4.78 is 7.23. The zero-order valence-electron chi connectivity index (χ0n) is 14.2. The largest absolute Gasteiger partial charge is 0.444 e. The first-order valence-electron chi connectivity index (χ1n) is 7.08. The maximum absolute atomic E-state index is 12.2. The van der Waals surface area contributed by atoms with Gasteiger partial charge in [0, 0.05) is 19.2 Å². The van der Waals surface area contributed by atoms with Gasteiger partial charge in [-0.1, -0.05) is 0 Å². The summed E-state index contributed by atoms with van der Waals surface area (Å²) in [5, 5.41) is 8.02. The molecule has 8 nitrogen and oxygen atoms in total. The molecule has 0 spiro atoms. The predicted octanol–water partition coefficient (Wildman–Crippen LogP) is 2.19. The Morgan fingerprint density at radius 3 is 2.61 bits per heavy atom. The quantitative estimate of drug-likeness (QED) is 0.778. The summed E-state index contributed by atoms with van der Waals surface area (Å²) in [4.78, 5) is 28.9. The number of carbonyl (C=O) groups excluding carboxylic acids is 2. The number of alkyl carbamates (subject to hydrolysis) is 1. The van der Waals surface area contributed by atoms with Crippen LogP contribution in [-0.4, -0.2) is 52.6 Å². The minimum absolute atomic E-state index is 0.281. The summed E-state index contributed by atoms with van der Waals surface area (Å²) in [6.45, 7) is 7.48. The van der Waals surface area contributed by atoms with Crippen LogP contribution in [0, 0.1) is 0 Å². The molecule has 0 saturated carbocycles. The molecule has 1 aromatic rings. The normalized spacial score (nSPS) is 12.7. The summed E-state index contributed by atoms with van der Waals surface area (Å²) in [6, 6.07) is 1.31. The van der Waals surface area contributed by atoms with Crippen LogP contribution < -0.4 is 5.32 Å². The van der Waals surface area contributed by atoms with Crippen molar-refractivity contribution in [1.82, 2.24) is 20.2 Å². The zero-order valence-corrected chi connectivity index (χ0v) is 15.8. The molecule has 23 heavy (non-hydrogen) atoms. The Morgan fingerprint density at radius 1 is 1.48 bits per heavy atom. The maximum atomic E-state index is 12.2. The van der Waals surface area contributed by atoms with Crippen LogP contribution in [0.2, 0.25) is 0 Å². The SMILES string of the molecule is CON(C)C(=O)c1cc(Br)nn1C[C@H](C)NC(=O)OC(C)(C)C. The van der Waals surface area contributed by atoms with Gasteiger partial charge in [0.15, 0.2) is 0 Å². The van der Waals surface area contributed by atoms with Crippen LogP contribution in [0.3, 0.4) is 0 Å². The molecule has 130 valence electrons. The first-order chi connectivity index (χ1) is 10.5. The Labute approximate surface area is 144 Å². The van der Waals surface area contributed by atoms with Crippen LogP contribution in [0.5, 0.6) is 0 Å². The molecule has 1 heterocycles. The Kier molecular flexibility index (Phi) is 6.57. The molecule has 0 unspecified atom stereocenters. The van der Waals surface area contributed by atoms with Crippen LogP contribution in [0.15, 0.2) is 10.7 Å². The van der Waals surface area contributed by atoms with Crippen LogP contribution >= 0.6 is 15.9 Å². The molecule has 1 atom stereocenters. The average molecular weight is 391 g/mol. The van der Waals surface area contributed by atoms with Gasteiger partial charge in [0.05, 0.1) is 13.7 Å². The lowest BCUT2D eigenvalue weighted by Crippen LogP contribution is -2.40. The number of carbonyl (C=O) groups is 2. The number of nitrogens with zero attached hydrogens (tertiary/aromatic N) is 3. The summed E-state index contributed by atoms with van der Waals surface area (Å²) in [5.74, 6) is -0.338. The van der Waals surface area contributed by atoms with Gasteiger partial charge < -0.3 is 10.1 Å². The zero-order chi connectivity index (χ0) is 17.8. The van der Waals surface area contributed by atoms with Gasteiger partial charge in [-0.05, 0) is 43.6 Å². The van der Waals surface area contributed by atoms with Gasteiger partial charge in [-0.15, -0.1) is 0 Å². The van der Waals surface area contributed by atoms with Crippen molar-refractivity contribution in [1.29, 1.82) is 0 Å². The summed E-state index contributed by atoms with van der Waals surface area (Å²) in [7, 11) is 2.91. The molecule has 2 amide bonds. The van der Waals surface area contributed by atoms with Crippen molar-refractivity contribution >= 4 is 27.9 Å². The third kappa shape index (κ3) is 6.19. The molecule has 1 aromatic heterocycles. The number of hydrogen-bond acceptors (Lipinski definition) is 5. The van der Waals surface area contributed by atoms with Crippen LogP contribution in [0.1, 0.15) is 38.2 Å². The fraction of sp³-hybridized carbons (Fsp3) is 0.643. The first kappa shape index (κ1) is 19.4. The van der Waals surface area contributed by atoms with Crippen LogP contribution in [-0.2, 0) is 16.1 Å². The Bertz CT molecular complexity index is 568. The van der Waals surface area contributed by atoms with E-state index in [0.29, 0.717) is 16.8 Å². The van der Waals surface area contributed by atoms with Crippen molar-refractivity contribution in [2.75, 3.05) is 14.2 Å². The molecule has 1 rings (SSSR count). The molecule has 1 N–H and O–H groups in total. The van der Waals surface area contributed by atoms with Crippen molar-refractivity contribution in [2.24, 2.45) is 0 Å². The summed E-state index contributed by atoms with van der Waals surface area (Å²) >= 11 is 3.25. The fourth-order valence-corrected chi connectivity index (χ4v) is 2.16. The van der Waals surface area contributed by atoms with Gasteiger partial charge in [0.2, 0.25) is 0 Å². The number of nitrogens with one attached hydrogen (secondary N) is 1. The van der Waals surface area contributed by atoms with Crippen molar-refractivity contribution in [2.45, 2.75) is 45.9 Å². The van der Waals surface area contributed by atoms with E-state index in [0.717, 1.165) is 5.06 Å². The Morgan fingerprint density at radius 2 is 2.09 bits per heavy atom. The van der Waals surface area contributed by atoms with E-state index < -0.39 is 11.7 Å². The standard InChI is InChI=1S/C14H23BrN4O4/c1-9(16-13(21)23-14(2,3)4)8-19-10(7-11(15)17-19)12(20)18(5)22-6/h7,9H,8H2,1-6H3,(H,16,21)/t9-/m0/s1. The molecular weight excluding hydrogens is 368 g/mol. The number of halogens is 1. The van der Waals surface area contributed by atoms with Crippen molar-refractivity contribution in [3.8, 4) is 0 Å². The van der Waals surface area contributed by atoms with E-state index in [-0.39, 0.29) is 11.9 Å². The Hall–Kier alpha value is -1.61. The van der Waals surface area contributed by atoms with E-state index in [2.05, 4.69) is 26.3 Å².